The maximum atomic E-state index is 2.41. The molecular weight excluding hydrogens is 288 g/mol. The zero-order valence-electron chi connectivity index (χ0n) is 13.7. The lowest BCUT2D eigenvalue weighted by Gasteiger charge is -2.40. The second-order valence-electron chi connectivity index (χ2n) is 6.87. The van der Waals surface area contributed by atoms with Gasteiger partial charge in [0.15, 0.2) is 0 Å². The van der Waals surface area contributed by atoms with Crippen LogP contribution in [0.1, 0.15) is 29.5 Å². The Morgan fingerprint density at radius 2 is 1.67 bits per heavy atom. The van der Waals surface area contributed by atoms with E-state index in [1.54, 1.807) is 0 Å². The summed E-state index contributed by atoms with van der Waals surface area (Å²) < 4.78 is 0. The summed E-state index contributed by atoms with van der Waals surface area (Å²) in [6, 6.07) is 20.1. The minimum Gasteiger partial charge on any atom is -0.0839 e. The highest BCUT2D eigenvalue weighted by molar-refractivity contribution is 5.88. The van der Waals surface area contributed by atoms with E-state index >= 15 is 0 Å². The van der Waals surface area contributed by atoms with E-state index in [2.05, 4.69) is 91.1 Å². The molecule has 2 aromatic carbocycles. The van der Waals surface area contributed by atoms with Gasteiger partial charge in [0.25, 0.3) is 0 Å². The molecule has 0 heterocycles. The van der Waals surface area contributed by atoms with Crippen molar-refractivity contribution in [1.82, 2.24) is 0 Å². The van der Waals surface area contributed by atoms with E-state index in [-0.39, 0.29) is 5.41 Å². The molecule has 5 rings (SSSR count). The highest BCUT2D eigenvalue weighted by atomic mass is 14.5. The van der Waals surface area contributed by atoms with Crippen molar-refractivity contribution in [3.05, 3.63) is 113 Å². The first-order valence-electron chi connectivity index (χ1n) is 8.81. The number of allylic oxidation sites excluding steroid dienone is 8. The molecule has 24 heavy (non-hydrogen) atoms. The highest BCUT2D eigenvalue weighted by Crippen LogP contribution is 2.58. The topological polar surface area (TPSA) is 0 Å². The first kappa shape index (κ1) is 13.8. The number of fused-ring (bicyclic) bond motifs is 2. The average Bonchev–Trinajstić information content (AvgIpc) is 3.24. The van der Waals surface area contributed by atoms with Crippen LogP contribution in [0.2, 0.25) is 0 Å². The van der Waals surface area contributed by atoms with Crippen LogP contribution in [-0.4, -0.2) is 0 Å². The zero-order valence-corrected chi connectivity index (χ0v) is 13.7. The fraction of sp³-hybridized carbons (Fsp3) is 0.167. The van der Waals surface area contributed by atoms with Crippen molar-refractivity contribution in [2.45, 2.75) is 18.3 Å². The van der Waals surface area contributed by atoms with Gasteiger partial charge in [-0.25, -0.2) is 0 Å². The summed E-state index contributed by atoms with van der Waals surface area (Å²) in [5.74, 6) is 0.460. The quantitative estimate of drug-likeness (QED) is 0.654. The van der Waals surface area contributed by atoms with Crippen LogP contribution in [0.5, 0.6) is 0 Å². The number of benzene rings is 2. The van der Waals surface area contributed by atoms with Gasteiger partial charge in [0, 0.05) is 0 Å². The summed E-state index contributed by atoms with van der Waals surface area (Å²) in [6.07, 6.45) is 16.0. The Kier molecular flexibility index (Phi) is 2.99. The van der Waals surface area contributed by atoms with Gasteiger partial charge in [0.1, 0.15) is 0 Å². The molecule has 0 amide bonds. The predicted octanol–water partition coefficient (Wildman–Crippen LogP) is 5.83. The molecule has 3 aliphatic rings. The second-order valence-corrected chi connectivity index (χ2v) is 6.87. The largest absolute Gasteiger partial charge is 0.0839 e. The molecule has 0 spiro atoms. The summed E-state index contributed by atoms with van der Waals surface area (Å²) in [4.78, 5) is 0. The maximum absolute atomic E-state index is 2.41. The van der Waals surface area contributed by atoms with Gasteiger partial charge in [-0.2, -0.15) is 0 Å². The fourth-order valence-corrected chi connectivity index (χ4v) is 4.89. The molecule has 116 valence electrons. The third-order valence-electron chi connectivity index (χ3n) is 5.80. The van der Waals surface area contributed by atoms with E-state index in [9.17, 15) is 0 Å². The Morgan fingerprint density at radius 3 is 2.50 bits per heavy atom. The van der Waals surface area contributed by atoms with E-state index in [1.807, 2.05) is 0 Å². The highest BCUT2D eigenvalue weighted by Gasteiger charge is 2.50. The molecule has 0 radical (unpaired) electrons. The van der Waals surface area contributed by atoms with Crippen LogP contribution in [0.15, 0.2) is 96.6 Å². The lowest BCUT2D eigenvalue weighted by molar-refractivity contribution is 0.454. The first-order valence-corrected chi connectivity index (χ1v) is 8.81. The van der Waals surface area contributed by atoms with Gasteiger partial charge in [-0.15, -0.1) is 0 Å². The van der Waals surface area contributed by atoms with Crippen molar-refractivity contribution in [3.8, 4) is 0 Å². The van der Waals surface area contributed by atoms with Crippen LogP contribution in [0.25, 0.3) is 5.57 Å². The van der Waals surface area contributed by atoms with E-state index in [1.165, 1.54) is 27.8 Å². The molecule has 0 saturated carbocycles. The van der Waals surface area contributed by atoms with E-state index in [0.717, 1.165) is 12.8 Å². The summed E-state index contributed by atoms with van der Waals surface area (Å²) in [6.45, 7) is 0. The van der Waals surface area contributed by atoms with E-state index < -0.39 is 0 Å². The van der Waals surface area contributed by atoms with Gasteiger partial charge in [0.05, 0.1) is 5.41 Å². The number of hydrogen-bond donors (Lipinski definition) is 0. The van der Waals surface area contributed by atoms with Crippen LogP contribution in [0.4, 0.5) is 0 Å². The molecule has 0 saturated heterocycles. The van der Waals surface area contributed by atoms with Gasteiger partial charge in [0.2, 0.25) is 0 Å². The molecule has 0 N–H and O–H groups in total. The summed E-state index contributed by atoms with van der Waals surface area (Å²) in [7, 11) is 0. The van der Waals surface area contributed by atoms with E-state index in [4.69, 9.17) is 0 Å². The molecule has 2 atom stereocenters. The van der Waals surface area contributed by atoms with Gasteiger partial charge >= 0.3 is 0 Å². The zero-order chi connectivity index (χ0) is 16.0. The summed E-state index contributed by atoms with van der Waals surface area (Å²) in [5.41, 5.74) is 7.33. The van der Waals surface area contributed by atoms with Crippen molar-refractivity contribution in [1.29, 1.82) is 0 Å². The molecule has 0 nitrogen and oxygen atoms in total. The molecule has 0 heteroatoms. The Hall–Kier alpha value is -2.60. The van der Waals surface area contributed by atoms with E-state index in [0.29, 0.717) is 5.92 Å². The van der Waals surface area contributed by atoms with Gasteiger partial charge < -0.3 is 0 Å². The van der Waals surface area contributed by atoms with Gasteiger partial charge in [-0.1, -0.05) is 91.1 Å². The van der Waals surface area contributed by atoms with Crippen LogP contribution in [0.3, 0.4) is 0 Å². The van der Waals surface area contributed by atoms with Crippen LogP contribution < -0.4 is 0 Å². The Morgan fingerprint density at radius 1 is 0.833 bits per heavy atom. The first-order chi connectivity index (χ1) is 11.9. The van der Waals surface area contributed by atoms with Gasteiger partial charge in [-0.3, -0.25) is 0 Å². The SMILES string of the molecule is C1=CCC(C2(c3ccccc3)C3=C(CC=C3)c3ccccc32)C=C1. The summed E-state index contributed by atoms with van der Waals surface area (Å²) >= 11 is 0. The molecular formula is C24H20. The Labute approximate surface area is 143 Å². The lowest BCUT2D eigenvalue weighted by Crippen LogP contribution is -2.36. The second kappa shape index (κ2) is 5.21. The average molecular weight is 308 g/mol. The van der Waals surface area contributed by atoms with Crippen molar-refractivity contribution < 1.29 is 0 Å². The number of hydrogen-bond acceptors (Lipinski definition) is 0. The monoisotopic (exact) mass is 308 g/mol. The number of rotatable bonds is 2. The van der Waals surface area contributed by atoms with Crippen LogP contribution >= 0.6 is 0 Å². The summed E-state index contributed by atoms with van der Waals surface area (Å²) in [5, 5.41) is 0. The molecule has 0 aromatic heterocycles. The fourth-order valence-electron chi connectivity index (χ4n) is 4.89. The smallest absolute Gasteiger partial charge is 0.0525 e. The molecule has 2 aromatic rings. The van der Waals surface area contributed by atoms with Crippen LogP contribution in [0, 0.1) is 5.92 Å². The molecule has 0 bridgehead atoms. The predicted molar refractivity (Wildman–Crippen MR) is 101 cm³/mol. The van der Waals surface area contributed by atoms with Crippen LogP contribution in [-0.2, 0) is 5.41 Å². The lowest BCUT2D eigenvalue weighted by atomic mass is 9.62. The van der Waals surface area contributed by atoms with Crippen molar-refractivity contribution in [2.75, 3.05) is 0 Å². The Bertz CT molecular complexity index is 908. The van der Waals surface area contributed by atoms with Crippen molar-refractivity contribution in [2.24, 2.45) is 5.92 Å². The molecule has 0 fully saturated rings. The molecule has 0 aliphatic heterocycles. The third-order valence-corrected chi connectivity index (χ3v) is 5.80. The normalized spacial score (nSPS) is 26.8. The van der Waals surface area contributed by atoms with Crippen molar-refractivity contribution >= 4 is 5.57 Å². The standard InChI is InChI=1S/C24H20/c1-3-10-18(11-4-1)24(19-12-5-2-6-13-19)22-16-8-7-14-20(22)21-15-9-17-23(21)24/h1-12,14,16-17,19H,13,15H2. The van der Waals surface area contributed by atoms with Crippen molar-refractivity contribution in [3.63, 3.8) is 0 Å². The maximum Gasteiger partial charge on any atom is 0.0525 e. The minimum absolute atomic E-state index is 0.0541. The molecule has 2 unspecified atom stereocenters. The van der Waals surface area contributed by atoms with Gasteiger partial charge in [-0.05, 0) is 46.6 Å². The molecule has 3 aliphatic carbocycles. The minimum atomic E-state index is -0.0541. The third kappa shape index (κ3) is 1.69. The Balaban J connectivity index is 1.86.